The van der Waals surface area contributed by atoms with Gasteiger partial charge in [-0.3, -0.25) is 19.6 Å². The molecule has 1 aromatic carbocycles. The van der Waals surface area contributed by atoms with Gasteiger partial charge in [-0.05, 0) is 30.7 Å². The number of fused-ring (bicyclic) bond motifs is 2. The molecule has 0 saturated heterocycles. The fourth-order valence-corrected chi connectivity index (χ4v) is 3.59. The van der Waals surface area contributed by atoms with Crippen LogP contribution in [0.25, 0.3) is 39.1 Å². The van der Waals surface area contributed by atoms with E-state index < -0.39 is 0 Å². The standard InChI is InChI=1S/C21H18N6O/c1-3-15-20(16-6-4-5-9-22-16)21-24-17(11-19(28)27(21)25-15)13-7-8-18-14(10-13)12-23-26(18)2/h4-12,25H,3H2,1-2H3. The number of nitrogens with one attached hydrogen (secondary N) is 1. The van der Waals surface area contributed by atoms with Crippen LogP contribution in [0, 0.1) is 0 Å². The van der Waals surface area contributed by atoms with E-state index in [2.05, 4.69) is 15.2 Å². The van der Waals surface area contributed by atoms with E-state index in [1.807, 2.05) is 61.2 Å². The van der Waals surface area contributed by atoms with Crippen molar-refractivity contribution < 1.29 is 0 Å². The topological polar surface area (TPSA) is 80.9 Å². The van der Waals surface area contributed by atoms with Gasteiger partial charge in [-0.25, -0.2) is 9.50 Å². The minimum absolute atomic E-state index is 0.150. The minimum Gasteiger partial charge on any atom is -0.293 e. The van der Waals surface area contributed by atoms with Crippen LogP contribution in [0.15, 0.2) is 59.7 Å². The first-order chi connectivity index (χ1) is 13.7. The molecule has 4 heterocycles. The largest absolute Gasteiger partial charge is 0.293 e. The first-order valence-electron chi connectivity index (χ1n) is 9.14. The highest BCUT2D eigenvalue weighted by Gasteiger charge is 2.17. The number of hydrogen-bond acceptors (Lipinski definition) is 4. The van der Waals surface area contributed by atoms with Crippen LogP contribution in [0.3, 0.4) is 0 Å². The molecule has 5 aromatic rings. The lowest BCUT2D eigenvalue weighted by Gasteiger charge is -2.04. The summed E-state index contributed by atoms with van der Waals surface area (Å²) in [6.45, 7) is 2.04. The maximum atomic E-state index is 12.8. The highest BCUT2D eigenvalue weighted by Crippen LogP contribution is 2.28. The number of aromatic amines is 1. The summed E-state index contributed by atoms with van der Waals surface area (Å²) in [6.07, 6.45) is 4.30. The lowest BCUT2D eigenvalue weighted by molar-refractivity contribution is 0.797. The van der Waals surface area contributed by atoms with Gasteiger partial charge in [0.15, 0.2) is 5.65 Å². The van der Waals surface area contributed by atoms with E-state index in [9.17, 15) is 4.79 Å². The Balaban J connectivity index is 1.78. The van der Waals surface area contributed by atoms with Crippen molar-refractivity contribution in [2.24, 2.45) is 7.05 Å². The summed E-state index contributed by atoms with van der Waals surface area (Å²) < 4.78 is 3.32. The van der Waals surface area contributed by atoms with E-state index in [0.29, 0.717) is 11.3 Å². The molecule has 0 bridgehead atoms. The zero-order chi connectivity index (χ0) is 19.3. The van der Waals surface area contributed by atoms with Crippen molar-refractivity contribution >= 4 is 16.6 Å². The molecule has 0 fully saturated rings. The number of rotatable bonds is 3. The lowest BCUT2D eigenvalue weighted by atomic mass is 10.1. The van der Waals surface area contributed by atoms with Crippen LogP contribution in [0.2, 0.25) is 0 Å². The fourth-order valence-electron chi connectivity index (χ4n) is 3.59. The predicted molar refractivity (Wildman–Crippen MR) is 108 cm³/mol. The Bertz CT molecular complexity index is 1380. The van der Waals surface area contributed by atoms with Crippen molar-refractivity contribution in [1.29, 1.82) is 0 Å². The Kier molecular flexibility index (Phi) is 3.61. The molecule has 0 aliphatic heterocycles. The maximum Gasteiger partial charge on any atom is 0.273 e. The van der Waals surface area contributed by atoms with Gasteiger partial charge in [-0.1, -0.05) is 19.1 Å². The van der Waals surface area contributed by atoms with E-state index in [1.165, 1.54) is 4.52 Å². The molecule has 7 nitrogen and oxygen atoms in total. The second-order valence-electron chi connectivity index (χ2n) is 6.71. The first-order valence-corrected chi connectivity index (χ1v) is 9.14. The fraction of sp³-hybridized carbons (Fsp3) is 0.143. The molecule has 0 spiro atoms. The normalized spacial score (nSPS) is 11.5. The molecule has 0 atom stereocenters. The van der Waals surface area contributed by atoms with Gasteiger partial charge in [0.1, 0.15) is 0 Å². The molecule has 0 aliphatic rings. The molecule has 28 heavy (non-hydrogen) atoms. The highest BCUT2D eigenvalue weighted by atomic mass is 16.1. The van der Waals surface area contributed by atoms with E-state index in [4.69, 9.17) is 4.98 Å². The Labute approximate surface area is 160 Å². The lowest BCUT2D eigenvalue weighted by Crippen LogP contribution is -2.14. The maximum absolute atomic E-state index is 12.8. The third-order valence-corrected chi connectivity index (χ3v) is 5.01. The zero-order valence-corrected chi connectivity index (χ0v) is 15.5. The van der Waals surface area contributed by atoms with Gasteiger partial charge in [-0.2, -0.15) is 5.10 Å². The van der Waals surface area contributed by atoms with E-state index in [-0.39, 0.29) is 5.56 Å². The van der Waals surface area contributed by atoms with Gasteiger partial charge >= 0.3 is 0 Å². The predicted octanol–water partition coefficient (Wildman–Crippen LogP) is 3.20. The smallest absolute Gasteiger partial charge is 0.273 e. The molecule has 7 heteroatoms. The van der Waals surface area contributed by atoms with Gasteiger partial charge < -0.3 is 0 Å². The molecule has 0 aliphatic carbocycles. The molecule has 4 aromatic heterocycles. The van der Waals surface area contributed by atoms with Crippen LogP contribution < -0.4 is 5.56 Å². The molecular formula is C21H18N6O. The van der Waals surface area contributed by atoms with Gasteiger partial charge in [-0.15, -0.1) is 0 Å². The Morgan fingerprint density at radius 3 is 2.79 bits per heavy atom. The Morgan fingerprint density at radius 1 is 1.11 bits per heavy atom. The van der Waals surface area contributed by atoms with Gasteiger partial charge in [0.05, 0.1) is 28.7 Å². The average molecular weight is 370 g/mol. The molecule has 0 radical (unpaired) electrons. The molecule has 0 unspecified atom stereocenters. The monoisotopic (exact) mass is 370 g/mol. The highest BCUT2D eigenvalue weighted by molar-refractivity contribution is 5.85. The second kappa shape index (κ2) is 6.16. The van der Waals surface area contributed by atoms with Crippen molar-refractivity contribution in [3.63, 3.8) is 0 Å². The molecule has 0 amide bonds. The first kappa shape index (κ1) is 16.4. The Morgan fingerprint density at radius 2 is 2.00 bits per heavy atom. The summed E-state index contributed by atoms with van der Waals surface area (Å²) in [6, 6.07) is 13.3. The van der Waals surface area contributed by atoms with Gasteiger partial charge in [0.2, 0.25) is 0 Å². The summed E-state index contributed by atoms with van der Waals surface area (Å²) in [5, 5.41) is 8.47. The molecular weight excluding hydrogens is 352 g/mol. The van der Waals surface area contributed by atoms with Crippen molar-refractivity contribution in [3.8, 4) is 22.5 Å². The van der Waals surface area contributed by atoms with Crippen LogP contribution in [0.5, 0.6) is 0 Å². The van der Waals surface area contributed by atoms with Crippen molar-refractivity contribution in [2.75, 3.05) is 0 Å². The van der Waals surface area contributed by atoms with Crippen LogP contribution in [0.4, 0.5) is 0 Å². The zero-order valence-electron chi connectivity index (χ0n) is 15.5. The quantitative estimate of drug-likeness (QED) is 0.529. The second-order valence-corrected chi connectivity index (χ2v) is 6.71. The third-order valence-electron chi connectivity index (χ3n) is 5.01. The number of pyridine rings is 1. The van der Waals surface area contributed by atoms with E-state index in [1.54, 1.807) is 12.3 Å². The number of aromatic nitrogens is 6. The van der Waals surface area contributed by atoms with Gasteiger partial charge in [0.25, 0.3) is 5.56 Å². The van der Waals surface area contributed by atoms with Crippen LogP contribution in [-0.2, 0) is 13.5 Å². The summed E-state index contributed by atoms with van der Waals surface area (Å²) in [5.41, 5.74) is 5.58. The van der Waals surface area contributed by atoms with Gasteiger partial charge in [0, 0.05) is 36.0 Å². The summed E-state index contributed by atoms with van der Waals surface area (Å²) in [5.74, 6) is 0. The number of hydrogen-bond donors (Lipinski definition) is 1. The minimum atomic E-state index is -0.150. The molecule has 138 valence electrons. The van der Waals surface area contributed by atoms with E-state index in [0.717, 1.165) is 39.8 Å². The number of benzene rings is 1. The summed E-state index contributed by atoms with van der Waals surface area (Å²) >= 11 is 0. The summed E-state index contributed by atoms with van der Waals surface area (Å²) in [4.78, 5) is 22.1. The van der Waals surface area contributed by atoms with Crippen molar-refractivity contribution in [1.82, 2.24) is 29.4 Å². The third kappa shape index (κ3) is 2.44. The number of nitrogens with zero attached hydrogens (tertiary/aromatic N) is 5. The van der Waals surface area contributed by atoms with Crippen LogP contribution >= 0.6 is 0 Å². The molecule has 5 rings (SSSR count). The van der Waals surface area contributed by atoms with Crippen molar-refractivity contribution in [2.45, 2.75) is 13.3 Å². The SMILES string of the molecule is CCc1[nH]n2c(=O)cc(-c3ccc4c(cnn4C)c3)nc2c1-c1ccccn1. The van der Waals surface area contributed by atoms with E-state index >= 15 is 0 Å². The number of aryl methyl sites for hydroxylation is 2. The number of H-pyrrole nitrogens is 1. The Hall–Kier alpha value is -3.74. The summed E-state index contributed by atoms with van der Waals surface area (Å²) in [7, 11) is 1.91. The molecule has 0 saturated carbocycles. The molecule has 1 N–H and O–H groups in total. The van der Waals surface area contributed by atoms with Crippen LogP contribution in [-0.4, -0.2) is 29.4 Å². The average Bonchev–Trinajstić information content (AvgIpc) is 3.29. The van der Waals surface area contributed by atoms with Crippen LogP contribution in [0.1, 0.15) is 12.6 Å². The van der Waals surface area contributed by atoms with Crippen molar-refractivity contribution in [3.05, 3.63) is 70.9 Å².